The SMILES string of the molecule is O=C1CC(Sc2nnc(-c3cccc([N+](=O)[O-])c3)o2)C(=O)N1c1ccc(Cl)cc1. The van der Waals surface area contributed by atoms with Gasteiger partial charge < -0.3 is 4.42 Å². The second kappa shape index (κ2) is 7.64. The third-order valence-corrected chi connectivity index (χ3v) is 5.41. The molecular formula is C18H11ClN4O5S. The Morgan fingerprint density at radius 2 is 1.93 bits per heavy atom. The molecule has 1 aliphatic heterocycles. The fourth-order valence-electron chi connectivity index (χ4n) is 2.81. The molecule has 2 heterocycles. The number of thioether (sulfide) groups is 1. The smallest absolute Gasteiger partial charge is 0.277 e. The summed E-state index contributed by atoms with van der Waals surface area (Å²) >= 11 is 6.83. The number of carbonyl (C=O) groups excluding carboxylic acids is 2. The lowest BCUT2D eigenvalue weighted by atomic mass is 10.2. The van der Waals surface area contributed by atoms with Crippen LogP contribution in [-0.2, 0) is 9.59 Å². The molecule has 3 aromatic rings. The first kappa shape index (κ1) is 19.1. The van der Waals surface area contributed by atoms with Gasteiger partial charge in [0.1, 0.15) is 5.25 Å². The Bertz CT molecular complexity index is 1120. The molecule has 146 valence electrons. The number of nitro groups is 1. The summed E-state index contributed by atoms with van der Waals surface area (Å²) in [7, 11) is 0. The van der Waals surface area contributed by atoms with Crippen molar-refractivity contribution in [3.8, 4) is 11.5 Å². The van der Waals surface area contributed by atoms with Crippen LogP contribution in [0.1, 0.15) is 6.42 Å². The van der Waals surface area contributed by atoms with Gasteiger partial charge in [0.15, 0.2) is 0 Å². The van der Waals surface area contributed by atoms with Crippen molar-refractivity contribution in [3.63, 3.8) is 0 Å². The molecule has 0 aliphatic carbocycles. The van der Waals surface area contributed by atoms with Crippen molar-refractivity contribution in [3.05, 3.63) is 63.7 Å². The van der Waals surface area contributed by atoms with Crippen molar-refractivity contribution < 1.29 is 18.9 Å². The van der Waals surface area contributed by atoms with Gasteiger partial charge in [0.2, 0.25) is 17.7 Å². The minimum absolute atomic E-state index is 0.0132. The fourth-order valence-corrected chi connectivity index (χ4v) is 3.82. The molecule has 1 atom stereocenters. The third-order valence-electron chi connectivity index (χ3n) is 4.14. The Hall–Kier alpha value is -3.24. The average molecular weight is 431 g/mol. The number of hydrogen-bond acceptors (Lipinski definition) is 8. The highest BCUT2D eigenvalue weighted by molar-refractivity contribution is 8.00. The number of nitrogens with zero attached hydrogens (tertiary/aromatic N) is 4. The van der Waals surface area contributed by atoms with E-state index in [0.717, 1.165) is 16.7 Å². The summed E-state index contributed by atoms with van der Waals surface area (Å²) in [4.78, 5) is 36.5. The normalized spacial score (nSPS) is 16.4. The molecule has 2 amide bonds. The monoisotopic (exact) mass is 430 g/mol. The topological polar surface area (TPSA) is 119 Å². The maximum atomic E-state index is 12.7. The van der Waals surface area contributed by atoms with E-state index in [-0.39, 0.29) is 29.1 Å². The molecule has 1 saturated heterocycles. The molecule has 4 rings (SSSR count). The van der Waals surface area contributed by atoms with Gasteiger partial charge >= 0.3 is 0 Å². The van der Waals surface area contributed by atoms with Crippen LogP contribution in [0.25, 0.3) is 11.5 Å². The Morgan fingerprint density at radius 1 is 1.17 bits per heavy atom. The summed E-state index contributed by atoms with van der Waals surface area (Å²) < 4.78 is 5.53. The van der Waals surface area contributed by atoms with Crippen LogP contribution in [0.15, 0.2) is 58.2 Å². The molecule has 0 N–H and O–H groups in total. The van der Waals surface area contributed by atoms with E-state index in [1.54, 1.807) is 30.3 Å². The lowest BCUT2D eigenvalue weighted by Crippen LogP contribution is -2.31. The summed E-state index contributed by atoms with van der Waals surface area (Å²) in [6, 6.07) is 12.2. The van der Waals surface area contributed by atoms with Crippen molar-refractivity contribution in [2.24, 2.45) is 0 Å². The van der Waals surface area contributed by atoms with Gasteiger partial charge in [-0.2, -0.15) is 0 Å². The zero-order valence-electron chi connectivity index (χ0n) is 14.5. The van der Waals surface area contributed by atoms with Gasteiger partial charge in [-0.15, -0.1) is 10.2 Å². The number of carbonyl (C=O) groups is 2. The molecule has 2 aromatic carbocycles. The third kappa shape index (κ3) is 3.84. The molecular weight excluding hydrogens is 420 g/mol. The van der Waals surface area contributed by atoms with Gasteiger partial charge in [-0.25, -0.2) is 4.90 Å². The molecule has 9 nitrogen and oxygen atoms in total. The van der Waals surface area contributed by atoms with Crippen LogP contribution in [0.5, 0.6) is 0 Å². The maximum Gasteiger partial charge on any atom is 0.277 e. The summed E-state index contributed by atoms with van der Waals surface area (Å²) in [5.74, 6) is -0.645. The Labute approximate surface area is 172 Å². The van der Waals surface area contributed by atoms with E-state index in [1.165, 1.54) is 18.2 Å². The van der Waals surface area contributed by atoms with Crippen molar-refractivity contribution in [2.45, 2.75) is 16.9 Å². The zero-order chi connectivity index (χ0) is 20.5. The molecule has 0 radical (unpaired) electrons. The van der Waals surface area contributed by atoms with Crippen molar-refractivity contribution in [1.82, 2.24) is 10.2 Å². The van der Waals surface area contributed by atoms with E-state index in [1.807, 2.05) is 0 Å². The summed E-state index contributed by atoms with van der Waals surface area (Å²) in [6.45, 7) is 0. The first-order chi connectivity index (χ1) is 13.9. The Balaban J connectivity index is 1.51. The highest BCUT2D eigenvalue weighted by atomic mass is 35.5. The molecule has 0 bridgehead atoms. The first-order valence-corrected chi connectivity index (χ1v) is 9.55. The van der Waals surface area contributed by atoms with Crippen LogP contribution in [0.4, 0.5) is 11.4 Å². The molecule has 1 unspecified atom stereocenters. The van der Waals surface area contributed by atoms with Crippen LogP contribution in [-0.4, -0.2) is 32.2 Å². The number of imide groups is 1. The number of nitro benzene ring substituents is 1. The standard InChI is InChI=1S/C18H11ClN4O5S/c19-11-4-6-12(7-5-11)22-15(24)9-14(17(22)25)29-18-21-20-16(28-18)10-2-1-3-13(8-10)23(26)27/h1-8,14H,9H2. The molecule has 0 spiro atoms. The van der Waals surface area contributed by atoms with Crippen LogP contribution < -0.4 is 4.90 Å². The fraction of sp³-hybridized carbons (Fsp3) is 0.111. The Morgan fingerprint density at radius 3 is 2.66 bits per heavy atom. The van der Waals surface area contributed by atoms with E-state index in [0.29, 0.717) is 16.3 Å². The Kier molecular flexibility index (Phi) is 5.03. The number of non-ortho nitro benzene ring substituents is 1. The number of halogens is 1. The molecule has 0 saturated carbocycles. The summed E-state index contributed by atoms with van der Waals surface area (Å²) in [5, 5.41) is 18.5. The zero-order valence-corrected chi connectivity index (χ0v) is 16.1. The lowest BCUT2D eigenvalue weighted by Gasteiger charge is -2.14. The number of benzene rings is 2. The van der Waals surface area contributed by atoms with E-state index in [9.17, 15) is 19.7 Å². The van der Waals surface area contributed by atoms with Crippen LogP contribution >= 0.6 is 23.4 Å². The van der Waals surface area contributed by atoms with Crippen molar-refractivity contribution in [2.75, 3.05) is 4.90 Å². The second-order valence-corrected chi connectivity index (χ2v) is 7.63. The average Bonchev–Trinajstić information content (AvgIpc) is 3.28. The molecule has 1 aliphatic rings. The number of rotatable bonds is 5. The molecule has 1 aromatic heterocycles. The number of hydrogen-bond donors (Lipinski definition) is 0. The van der Waals surface area contributed by atoms with E-state index in [2.05, 4.69) is 10.2 Å². The number of anilines is 1. The van der Waals surface area contributed by atoms with E-state index in [4.69, 9.17) is 16.0 Å². The van der Waals surface area contributed by atoms with Crippen LogP contribution in [0, 0.1) is 10.1 Å². The van der Waals surface area contributed by atoms with Gasteiger partial charge in [0, 0.05) is 29.1 Å². The van der Waals surface area contributed by atoms with Crippen molar-refractivity contribution in [1.29, 1.82) is 0 Å². The van der Waals surface area contributed by atoms with Crippen molar-refractivity contribution >= 4 is 46.6 Å². The van der Waals surface area contributed by atoms with E-state index >= 15 is 0 Å². The van der Waals surface area contributed by atoms with Gasteiger partial charge in [0.25, 0.3) is 10.9 Å². The molecule has 29 heavy (non-hydrogen) atoms. The second-order valence-electron chi connectivity index (χ2n) is 6.03. The van der Waals surface area contributed by atoms with Crippen LogP contribution in [0.3, 0.4) is 0 Å². The molecule has 1 fully saturated rings. The quantitative estimate of drug-likeness (QED) is 0.341. The van der Waals surface area contributed by atoms with Gasteiger partial charge in [-0.1, -0.05) is 29.4 Å². The largest absolute Gasteiger partial charge is 0.411 e. The van der Waals surface area contributed by atoms with Gasteiger partial charge in [-0.05, 0) is 30.3 Å². The molecule has 11 heteroatoms. The minimum Gasteiger partial charge on any atom is -0.411 e. The minimum atomic E-state index is -0.711. The first-order valence-electron chi connectivity index (χ1n) is 8.30. The highest BCUT2D eigenvalue weighted by Gasteiger charge is 2.41. The lowest BCUT2D eigenvalue weighted by molar-refractivity contribution is -0.384. The summed E-state index contributed by atoms with van der Waals surface area (Å²) in [6.07, 6.45) is -0.0132. The summed E-state index contributed by atoms with van der Waals surface area (Å²) in [5.41, 5.74) is 0.718. The predicted molar refractivity (Wildman–Crippen MR) is 105 cm³/mol. The maximum absolute atomic E-state index is 12.7. The van der Waals surface area contributed by atoms with Crippen LogP contribution in [0.2, 0.25) is 5.02 Å². The van der Waals surface area contributed by atoms with Gasteiger partial charge in [-0.3, -0.25) is 19.7 Å². The number of aromatic nitrogens is 2. The number of amides is 2. The van der Waals surface area contributed by atoms with E-state index < -0.39 is 16.1 Å². The highest BCUT2D eigenvalue weighted by Crippen LogP contribution is 2.35. The van der Waals surface area contributed by atoms with Gasteiger partial charge in [0.05, 0.1) is 10.6 Å². The predicted octanol–water partition coefficient (Wildman–Crippen LogP) is 3.72.